The Morgan fingerprint density at radius 3 is 2.44 bits per heavy atom. The lowest BCUT2D eigenvalue weighted by Crippen LogP contribution is -1.95. The van der Waals surface area contributed by atoms with E-state index in [2.05, 4.69) is 51.7 Å². The second-order valence-corrected chi connectivity index (χ2v) is 4.38. The molecule has 0 aromatic carbocycles. The average Bonchev–Trinajstić information content (AvgIpc) is 2.30. The molecule has 0 saturated carbocycles. The molecule has 90 valence electrons. The first-order valence-corrected chi connectivity index (χ1v) is 6.25. The fourth-order valence-corrected chi connectivity index (χ4v) is 1.22. The monoisotopic (exact) mass is 218 g/mol. The molecule has 0 nitrogen and oxygen atoms in total. The first-order valence-electron chi connectivity index (χ1n) is 6.25. The van der Waals surface area contributed by atoms with Crippen molar-refractivity contribution in [1.82, 2.24) is 0 Å². The van der Waals surface area contributed by atoms with E-state index in [1.54, 1.807) is 0 Å². The molecule has 16 heavy (non-hydrogen) atoms. The normalized spacial score (nSPS) is 16.2. The molecule has 2 unspecified atom stereocenters. The fraction of sp³-hybridized carbons (Fsp3) is 0.500. The van der Waals surface area contributed by atoms with Gasteiger partial charge >= 0.3 is 0 Å². The van der Waals surface area contributed by atoms with Crippen LogP contribution in [0.5, 0.6) is 0 Å². The maximum Gasteiger partial charge on any atom is -0.00511 e. The minimum atomic E-state index is 0.476. The Balaban J connectivity index is 4.04. The van der Waals surface area contributed by atoms with Crippen molar-refractivity contribution in [3.8, 4) is 0 Å². The Hall–Kier alpha value is -1.04. The van der Waals surface area contributed by atoms with Gasteiger partial charge in [-0.25, -0.2) is 0 Å². The van der Waals surface area contributed by atoms with Gasteiger partial charge in [0, 0.05) is 0 Å². The third kappa shape index (κ3) is 7.28. The largest absolute Gasteiger partial charge is 0.0990 e. The quantitative estimate of drug-likeness (QED) is 0.401. The van der Waals surface area contributed by atoms with Crippen LogP contribution in [0.2, 0.25) is 0 Å². The summed E-state index contributed by atoms with van der Waals surface area (Å²) in [7, 11) is 0. The molecule has 0 aliphatic rings. The van der Waals surface area contributed by atoms with Gasteiger partial charge in [0.25, 0.3) is 0 Å². The van der Waals surface area contributed by atoms with E-state index < -0.39 is 0 Å². The molecule has 0 saturated heterocycles. The number of hydrogen-bond acceptors (Lipinski definition) is 0. The molecule has 0 bridgehead atoms. The van der Waals surface area contributed by atoms with Crippen LogP contribution in [0.4, 0.5) is 0 Å². The topological polar surface area (TPSA) is 0 Å². The van der Waals surface area contributed by atoms with Crippen molar-refractivity contribution in [3.63, 3.8) is 0 Å². The zero-order valence-corrected chi connectivity index (χ0v) is 11.2. The highest BCUT2D eigenvalue weighted by Gasteiger charge is 2.01. The second-order valence-electron chi connectivity index (χ2n) is 4.38. The van der Waals surface area contributed by atoms with Gasteiger partial charge in [-0.2, -0.15) is 0 Å². The molecule has 0 N–H and O–H groups in total. The molecule has 0 aliphatic heterocycles. The van der Waals surface area contributed by atoms with Gasteiger partial charge in [-0.1, -0.05) is 75.8 Å². The molecule has 0 heteroatoms. The van der Waals surface area contributed by atoms with Crippen molar-refractivity contribution in [2.24, 2.45) is 11.8 Å². The lowest BCUT2D eigenvalue weighted by Gasteiger charge is -2.09. The number of rotatable bonds is 7. The van der Waals surface area contributed by atoms with Crippen molar-refractivity contribution in [2.45, 2.75) is 40.5 Å². The molecule has 0 rings (SSSR count). The summed E-state index contributed by atoms with van der Waals surface area (Å²) < 4.78 is 0. The number of hydrogen-bond donors (Lipinski definition) is 0. The summed E-state index contributed by atoms with van der Waals surface area (Å²) in [6.07, 6.45) is 15.1. The second kappa shape index (κ2) is 9.21. The zero-order valence-electron chi connectivity index (χ0n) is 11.2. The third-order valence-corrected chi connectivity index (χ3v) is 2.84. The predicted octanol–water partition coefficient (Wildman–Crippen LogP) is 5.30. The fourth-order valence-electron chi connectivity index (χ4n) is 1.22. The highest BCUT2D eigenvalue weighted by atomic mass is 14.1. The van der Waals surface area contributed by atoms with Gasteiger partial charge in [-0.3, -0.25) is 0 Å². The van der Waals surface area contributed by atoms with Crippen LogP contribution >= 0.6 is 0 Å². The van der Waals surface area contributed by atoms with E-state index in [9.17, 15) is 0 Å². The first-order chi connectivity index (χ1) is 7.61. The molecule has 0 aromatic rings. The molecule has 0 aliphatic carbocycles. The Morgan fingerprint density at radius 1 is 1.19 bits per heavy atom. The van der Waals surface area contributed by atoms with E-state index in [4.69, 9.17) is 0 Å². The SMILES string of the molecule is C=C(CC=CC=CC)C(C)C=CC(C)CC. The Morgan fingerprint density at radius 2 is 1.88 bits per heavy atom. The maximum atomic E-state index is 4.13. The molecule has 0 aromatic heterocycles. The minimum Gasteiger partial charge on any atom is -0.0990 e. The van der Waals surface area contributed by atoms with E-state index in [-0.39, 0.29) is 0 Å². The lowest BCUT2D eigenvalue weighted by atomic mass is 9.97. The van der Waals surface area contributed by atoms with E-state index >= 15 is 0 Å². The van der Waals surface area contributed by atoms with Gasteiger partial charge < -0.3 is 0 Å². The third-order valence-electron chi connectivity index (χ3n) is 2.84. The Kier molecular flexibility index (Phi) is 8.61. The van der Waals surface area contributed by atoms with Crippen molar-refractivity contribution in [3.05, 3.63) is 48.6 Å². The van der Waals surface area contributed by atoms with Crippen LogP contribution in [-0.2, 0) is 0 Å². The molecule has 0 spiro atoms. The Bertz CT molecular complexity index is 266. The molecule has 0 heterocycles. The highest BCUT2D eigenvalue weighted by molar-refractivity contribution is 5.14. The van der Waals surface area contributed by atoms with Gasteiger partial charge in [0.1, 0.15) is 0 Å². The van der Waals surface area contributed by atoms with Crippen LogP contribution in [0.15, 0.2) is 48.6 Å². The molecule has 0 radical (unpaired) electrons. The summed E-state index contributed by atoms with van der Waals surface area (Å²) >= 11 is 0. The summed E-state index contributed by atoms with van der Waals surface area (Å²) in [6, 6.07) is 0. The molecule has 0 amide bonds. The van der Waals surface area contributed by atoms with E-state index in [0.29, 0.717) is 11.8 Å². The van der Waals surface area contributed by atoms with Crippen molar-refractivity contribution in [1.29, 1.82) is 0 Å². The van der Waals surface area contributed by atoms with Crippen molar-refractivity contribution >= 4 is 0 Å². The smallest absolute Gasteiger partial charge is 0.00511 e. The van der Waals surface area contributed by atoms with Gasteiger partial charge in [0.2, 0.25) is 0 Å². The van der Waals surface area contributed by atoms with Gasteiger partial charge in [-0.05, 0) is 25.2 Å². The highest BCUT2D eigenvalue weighted by Crippen LogP contribution is 2.16. The summed E-state index contributed by atoms with van der Waals surface area (Å²) in [5.74, 6) is 1.15. The van der Waals surface area contributed by atoms with Gasteiger partial charge in [0.05, 0.1) is 0 Å². The summed E-state index contributed by atoms with van der Waals surface area (Å²) in [5, 5.41) is 0. The predicted molar refractivity (Wildman–Crippen MR) is 75.5 cm³/mol. The molecule has 0 fully saturated rings. The van der Waals surface area contributed by atoms with E-state index in [1.165, 1.54) is 12.0 Å². The summed E-state index contributed by atoms with van der Waals surface area (Å²) in [6.45, 7) is 12.8. The first kappa shape index (κ1) is 15.0. The van der Waals surface area contributed by atoms with Crippen LogP contribution in [0.1, 0.15) is 40.5 Å². The van der Waals surface area contributed by atoms with Crippen LogP contribution in [0.25, 0.3) is 0 Å². The van der Waals surface area contributed by atoms with Gasteiger partial charge in [0.15, 0.2) is 0 Å². The van der Waals surface area contributed by atoms with Gasteiger partial charge in [-0.15, -0.1) is 0 Å². The summed E-state index contributed by atoms with van der Waals surface area (Å²) in [5.41, 5.74) is 1.28. The minimum absolute atomic E-state index is 0.476. The molecular formula is C16H26. The molecular weight excluding hydrogens is 192 g/mol. The van der Waals surface area contributed by atoms with Crippen LogP contribution in [0, 0.1) is 11.8 Å². The van der Waals surface area contributed by atoms with Crippen molar-refractivity contribution in [2.75, 3.05) is 0 Å². The lowest BCUT2D eigenvalue weighted by molar-refractivity contribution is 0.687. The van der Waals surface area contributed by atoms with Crippen molar-refractivity contribution < 1.29 is 0 Å². The molecule has 2 atom stereocenters. The van der Waals surface area contributed by atoms with E-state index in [1.807, 2.05) is 19.1 Å². The average molecular weight is 218 g/mol. The van der Waals surface area contributed by atoms with Crippen LogP contribution < -0.4 is 0 Å². The standard InChI is InChI=1S/C16H26/c1-6-8-9-10-11-15(4)16(5)13-12-14(3)7-2/h6,8-10,12-14,16H,4,7,11H2,1-3,5H3. The van der Waals surface area contributed by atoms with Crippen LogP contribution in [0.3, 0.4) is 0 Å². The summed E-state index contributed by atoms with van der Waals surface area (Å²) in [4.78, 5) is 0. The zero-order chi connectivity index (χ0) is 12.4. The maximum absolute atomic E-state index is 4.13. The Labute approximate surface area is 101 Å². The van der Waals surface area contributed by atoms with E-state index in [0.717, 1.165) is 6.42 Å². The number of allylic oxidation sites excluding steroid dienone is 7. The van der Waals surface area contributed by atoms with Crippen LogP contribution in [-0.4, -0.2) is 0 Å².